The van der Waals surface area contributed by atoms with Crippen molar-refractivity contribution in [3.8, 4) is 0 Å². The van der Waals surface area contributed by atoms with E-state index in [0.29, 0.717) is 0 Å². The van der Waals surface area contributed by atoms with Gasteiger partial charge in [0.2, 0.25) is 5.58 Å². The van der Waals surface area contributed by atoms with Crippen molar-refractivity contribution in [1.29, 1.82) is 0 Å². The monoisotopic (exact) mass is 307 g/mol. The fourth-order valence-corrected chi connectivity index (χ4v) is 3.42. The predicted octanol–water partition coefficient (Wildman–Crippen LogP) is 2.82. The van der Waals surface area contributed by atoms with E-state index in [0.717, 1.165) is 30.1 Å². The number of para-hydroxylation sites is 4. The molecular weight excluding hydrogens is 286 g/mol. The Hall–Kier alpha value is -2.62. The van der Waals surface area contributed by atoms with E-state index in [1.807, 2.05) is 19.1 Å². The number of imidazole rings is 1. The van der Waals surface area contributed by atoms with Crippen LogP contribution in [0.1, 0.15) is 11.7 Å². The lowest BCUT2D eigenvalue weighted by atomic mass is 10.3. The van der Waals surface area contributed by atoms with E-state index < -0.39 is 0 Å². The molecule has 4 nitrogen and oxygen atoms in total. The summed E-state index contributed by atoms with van der Waals surface area (Å²) in [4.78, 5) is 0. The van der Waals surface area contributed by atoms with Crippen molar-refractivity contribution in [2.45, 2.75) is 26.9 Å². The third-order valence-corrected chi connectivity index (χ3v) is 4.75. The van der Waals surface area contributed by atoms with Gasteiger partial charge < -0.3 is 4.42 Å². The predicted molar refractivity (Wildman–Crippen MR) is 89.0 cm³/mol. The first-order valence-corrected chi connectivity index (χ1v) is 7.98. The van der Waals surface area contributed by atoms with Crippen LogP contribution < -0.4 is 9.13 Å². The highest BCUT2D eigenvalue weighted by Crippen LogP contribution is 2.15. The number of oxazole rings is 1. The van der Waals surface area contributed by atoms with Gasteiger partial charge in [0, 0.05) is 13.0 Å². The Labute approximate surface area is 135 Å². The van der Waals surface area contributed by atoms with Gasteiger partial charge in [0.25, 0.3) is 11.3 Å². The number of nitrogens with zero attached hydrogens (tertiary/aromatic N) is 3. The van der Waals surface area contributed by atoms with Crippen LogP contribution in [0.5, 0.6) is 0 Å². The lowest BCUT2D eigenvalue weighted by molar-refractivity contribution is -0.685. The van der Waals surface area contributed by atoms with Gasteiger partial charge in [0.05, 0.1) is 14.0 Å². The lowest BCUT2D eigenvalue weighted by Gasteiger charge is -1.98. The molecule has 0 unspecified atom stereocenters. The molecule has 2 aromatic heterocycles. The standard InChI is InChI=1S/C19H21N3O/c1-14-20(3)16-8-4-5-9-17(16)21(14)12-13-22-15(2)23-19-11-7-6-10-18(19)22/h4-11H,12-13H2,1-3H3/q+2. The van der Waals surface area contributed by atoms with Crippen LogP contribution in [0, 0.1) is 13.8 Å². The molecule has 0 spiro atoms. The van der Waals surface area contributed by atoms with E-state index in [4.69, 9.17) is 4.42 Å². The Morgan fingerprint density at radius 1 is 0.957 bits per heavy atom. The van der Waals surface area contributed by atoms with Gasteiger partial charge in [0.1, 0.15) is 6.54 Å². The Morgan fingerprint density at radius 2 is 1.65 bits per heavy atom. The average molecular weight is 307 g/mol. The van der Waals surface area contributed by atoms with Crippen LogP contribution in [-0.2, 0) is 20.1 Å². The van der Waals surface area contributed by atoms with Gasteiger partial charge in [-0.1, -0.05) is 24.3 Å². The summed E-state index contributed by atoms with van der Waals surface area (Å²) in [5.74, 6) is 2.21. The maximum Gasteiger partial charge on any atom is 0.344 e. The molecule has 0 radical (unpaired) electrons. The van der Waals surface area contributed by atoms with E-state index in [1.54, 1.807) is 0 Å². The zero-order chi connectivity index (χ0) is 16.0. The summed E-state index contributed by atoms with van der Waals surface area (Å²) in [7, 11) is 2.12. The molecular formula is C19H21N3O+2. The smallest absolute Gasteiger partial charge is 0.344 e. The zero-order valence-electron chi connectivity index (χ0n) is 13.8. The average Bonchev–Trinajstić information content (AvgIpc) is 3.01. The van der Waals surface area contributed by atoms with Gasteiger partial charge in [-0.2, -0.15) is 4.57 Å². The molecule has 0 bridgehead atoms. The quantitative estimate of drug-likeness (QED) is 0.534. The number of hydrogen-bond acceptors (Lipinski definition) is 1. The highest BCUT2D eigenvalue weighted by molar-refractivity contribution is 5.72. The molecule has 2 heterocycles. The summed E-state index contributed by atoms with van der Waals surface area (Å²) >= 11 is 0. The van der Waals surface area contributed by atoms with Gasteiger partial charge in [-0.3, -0.25) is 0 Å². The third kappa shape index (κ3) is 2.13. The van der Waals surface area contributed by atoms with Crippen molar-refractivity contribution in [1.82, 2.24) is 4.57 Å². The summed E-state index contributed by atoms with van der Waals surface area (Å²) in [6, 6.07) is 16.8. The van der Waals surface area contributed by atoms with Crippen LogP contribution in [0.4, 0.5) is 0 Å². The first-order valence-electron chi connectivity index (χ1n) is 7.98. The second-order valence-electron chi connectivity index (χ2n) is 5.99. The molecule has 116 valence electrons. The molecule has 0 aliphatic heterocycles. The second-order valence-corrected chi connectivity index (χ2v) is 5.99. The third-order valence-electron chi connectivity index (χ3n) is 4.75. The molecule has 0 fully saturated rings. The maximum atomic E-state index is 5.86. The van der Waals surface area contributed by atoms with E-state index in [1.165, 1.54) is 16.9 Å². The summed E-state index contributed by atoms with van der Waals surface area (Å²) in [5.41, 5.74) is 4.65. The summed E-state index contributed by atoms with van der Waals surface area (Å²) in [6.07, 6.45) is 0. The van der Waals surface area contributed by atoms with Gasteiger partial charge >= 0.3 is 5.89 Å². The molecule has 4 aromatic rings. The number of fused-ring (bicyclic) bond motifs is 2. The topological polar surface area (TPSA) is 25.8 Å². The van der Waals surface area contributed by atoms with Crippen molar-refractivity contribution in [2.75, 3.05) is 0 Å². The van der Waals surface area contributed by atoms with E-state index in [-0.39, 0.29) is 0 Å². The fourth-order valence-electron chi connectivity index (χ4n) is 3.42. The zero-order valence-corrected chi connectivity index (χ0v) is 13.8. The molecule has 0 saturated carbocycles. The van der Waals surface area contributed by atoms with Crippen molar-refractivity contribution >= 4 is 22.1 Å². The Kier molecular flexibility index (Phi) is 3.18. The number of benzene rings is 2. The number of aromatic nitrogens is 3. The van der Waals surface area contributed by atoms with Crippen molar-refractivity contribution in [3.63, 3.8) is 0 Å². The largest absolute Gasteiger partial charge is 0.402 e. The Morgan fingerprint density at radius 3 is 2.48 bits per heavy atom. The summed E-state index contributed by atoms with van der Waals surface area (Å²) < 4.78 is 12.7. The first-order chi connectivity index (χ1) is 11.2. The van der Waals surface area contributed by atoms with Crippen LogP contribution in [0.2, 0.25) is 0 Å². The van der Waals surface area contributed by atoms with Crippen molar-refractivity contribution < 1.29 is 13.6 Å². The minimum absolute atomic E-state index is 0.891. The van der Waals surface area contributed by atoms with Gasteiger partial charge in [-0.05, 0) is 18.2 Å². The van der Waals surface area contributed by atoms with Gasteiger partial charge in [-0.15, -0.1) is 0 Å². The lowest BCUT2D eigenvalue weighted by Crippen LogP contribution is -2.38. The fraction of sp³-hybridized carbons (Fsp3) is 0.263. The molecule has 23 heavy (non-hydrogen) atoms. The van der Waals surface area contributed by atoms with Crippen LogP contribution in [0.3, 0.4) is 0 Å². The molecule has 0 saturated heterocycles. The molecule has 0 N–H and O–H groups in total. The second kappa shape index (κ2) is 5.23. The molecule has 0 atom stereocenters. The normalized spacial score (nSPS) is 11.6. The molecule has 2 aromatic carbocycles. The number of rotatable bonds is 3. The molecule has 4 rings (SSSR count). The first kappa shape index (κ1) is 14.0. The highest BCUT2D eigenvalue weighted by Gasteiger charge is 2.23. The van der Waals surface area contributed by atoms with Crippen molar-refractivity contribution in [2.24, 2.45) is 7.05 Å². The van der Waals surface area contributed by atoms with E-state index >= 15 is 0 Å². The Bertz CT molecular complexity index is 1010. The van der Waals surface area contributed by atoms with Crippen LogP contribution in [0.15, 0.2) is 52.9 Å². The SMILES string of the molecule is Cc1n(CC[n+]2c(C)oc3ccccc32)c2ccccc2[n+]1C. The van der Waals surface area contributed by atoms with Crippen LogP contribution in [0.25, 0.3) is 22.1 Å². The van der Waals surface area contributed by atoms with Crippen molar-refractivity contribution in [3.05, 3.63) is 60.2 Å². The minimum atomic E-state index is 0.891. The highest BCUT2D eigenvalue weighted by atomic mass is 16.3. The molecule has 0 aliphatic carbocycles. The van der Waals surface area contributed by atoms with Gasteiger partial charge in [-0.25, -0.2) is 9.13 Å². The summed E-state index contributed by atoms with van der Waals surface area (Å²) in [6.45, 7) is 6.01. The number of aryl methyl sites for hydroxylation is 4. The molecule has 4 heteroatoms. The molecule has 0 amide bonds. The molecule has 0 aliphatic rings. The minimum Gasteiger partial charge on any atom is -0.402 e. The van der Waals surface area contributed by atoms with E-state index in [9.17, 15) is 0 Å². The van der Waals surface area contributed by atoms with Gasteiger partial charge in [0.15, 0.2) is 17.6 Å². The van der Waals surface area contributed by atoms with Crippen LogP contribution in [-0.4, -0.2) is 4.57 Å². The number of hydrogen-bond donors (Lipinski definition) is 0. The van der Waals surface area contributed by atoms with E-state index in [2.05, 4.69) is 64.1 Å². The van der Waals surface area contributed by atoms with Crippen LogP contribution >= 0.6 is 0 Å². The summed E-state index contributed by atoms with van der Waals surface area (Å²) in [5, 5.41) is 0. The Balaban J connectivity index is 1.74. The maximum absolute atomic E-state index is 5.86.